The molecule has 23 heavy (non-hydrogen) atoms. The number of hydrogen-bond acceptors (Lipinski definition) is 5. The summed E-state index contributed by atoms with van der Waals surface area (Å²) in [5.74, 6) is -0.581. The van der Waals surface area contributed by atoms with Gasteiger partial charge in [-0.1, -0.05) is 11.6 Å². The summed E-state index contributed by atoms with van der Waals surface area (Å²) in [5.41, 5.74) is 13.2. The van der Waals surface area contributed by atoms with Gasteiger partial charge >= 0.3 is 0 Å². The number of rotatable bonds is 4. The van der Waals surface area contributed by atoms with Gasteiger partial charge in [0, 0.05) is 23.3 Å². The van der Waals surface area contributed by atoms with Crippen LogP contribution in [-0.4, -0.2) is 5.91 Å². The molecule has 0 saturated carbocycles. The third-order valence-corrected chi connectivity index (χ3v) is 3.21. The third-order valence-electron chi connectivity index (χ3n) is 2.90. The first-order chi connectivity index (χ1) is 11.0. The smallest absolute Gasteiger partial charge is 0.267 e. The number of benzene rings is 2. The maximum Gasteiger partial charge on any atom is 0.267 e. The second-order valence-corrected chi connectivity index (χ2v) is 5.04. The average molecular weight is 328 g/mol. The second-order valence-electron chi connectivity index (χ2n) is 4.63. The normalized spacial score (nSPS) is 10.7. The largest absolute Gasteiger partial charge is 0.399 e. The summed E-state index contributed by atoms with van der Waals surface area (Å²) < 4.78 is 0. The van der Waals surface area contributed by atoms with E-state index in [9.17, 15) is 4.79 Å². The van der Waals surface area contributed by atoms with E-state index in [1.807, 2.05) is 6.07 Å². The highest BCUT2D eigenvalue weighted by atomic mass is 35.5. The van der Waals surface area contributed by atoms with Crippen LogP contribution in [0.4, 0.5) is 22.7 Å². The molecule has 0 unspecified atom stereocenters. The highest BCUT2D eigenvalue weighted by molar-refractivity contribution is 6.34. The van der Waals surface area contributed by atoms with Crippen LogP contribution in [0, 0.1) is 11.3 Å². The molecular formula is C16H14ClN5O. The molecule has 2 aromatic rings. The van der Waals surface area contributed by atoms with Crippen molar-refractivity contribution >= 4 is 40.3 Å². The Labute approximate surface area is 138 Å². The summed E-state index contributed by atoms with van der Waals surface area (Å²) in [5, 5.41) is 14.8. The molecule has 2 aromatic carbocycles. The zero-order valence-electron chi connectivity index (χ0n) is 12.0. The van der Waals surface area contributed by atoms with Gasteiger partial charge in [-0.3, -0.25) is 4.79 Å². The number of hydrogen-bond donors (Lipinski definition) is 4. The number of carbonyl (C=O) groups excluding carboxylic acids is 1. The van der Waals surface area contributed by atoms with Crippen molar-refractivity contribution in [3.8, 4) is 6.07 Å². The topological polar surface area (TPSA) is 117 Å². The summed E-state index contributed by atoms with van der Waals surface area (Å²) in [6, 6.07) is 13.4. The van der Waals surface area contributed by atoms with Crippen LogP contribution >= 0.6 is 11.6 Å². The van der Waals surface area contributed by atoms with Gasteiger partial charge in [0.25, 0.3) is 5.91 Å². The Bertz CT molecular complexity index is 793. The van der Waals surface area contributed by atoms with Crippen LogP contribution in [0.15, 0.2) is 54.2 Å². The van der Waals surface area contributed by atoms with Gasteiger partial charge in [-0.2, -0.15) is 5.26 Å². The number of amides is 1. The number of nitrogens with zero attached hydrogens (tertiary/aromatic N) is 1. The summed E-state index contributed by atoms with van der Waals surface area (Å²) >= 11 is 5.98. The Kier molecular flexibility index (Phi) is 5.07. The minimum atomic E-state index is -0.581. The molecule has 116 valence electrons. The Morgan fingerprint density at radius 3 is 2.39 bits per heavy atom. The molecule has 6 nitrogen and oxygen atoms in total. The van der Waals surface area contributed by atoms with E-state index in [1.165, 1.54) is 12.3 Å². The fourth-order valence-electron chi connectivity index (χ4n) is 1.71. The minimum Gasteiger partial charge on any atom is -0.399 e. The lowest BCUT2D eigenvalue weighted by atomic mass is 10.2. The van der Waals surface area contributed by atoms with Crippen molar-refractivity contribution in [3.63, 3.8) is 0 Å². The molecule has 0 aliphatic rings. The fraction of sp³-hybridized carbons (Fsp3) is 0. The summed E-state index contributed by atoms with van der Waals surface area (Å²) in [4.78, 5) is 12.1. The van der Waals surface area contributed by atoms with E-state index < -0.39 is 5.91 Å². The molecule has 0 heterocycles. The van der Waals surface area contributed by atoms with Gasteiger partial charge in [-0.05, 0) is 42.5 Å². The Morgan fingerprint density at radius 2 is 1.78 bits per heavy atom. The van der Waals surface area contributed by atoms with Gasteiger partial charge in [0.05, 0.1) is 10.7 Å². The highest BCUT2D eigenvalue weighted by Gasteiger charge is 2.11. The predicted octanol–water partition coefficient (Wildman–Crippen LogP) is 2.96. The van der Waals surface area contributed by atoms with E-state index in [-0.39, 0.29) is 5.57 Å². The van der Waals surface area contributed by atoms with Crippen molar-refractivity contribution in [1.29, 1.82) is 5.26 Å². The first kappa shape index (κ1) is 16.2. The van der Waals surface area contributed by atoms with Crippen molar-refractivity contribution in [2.75, 3.05) is 22.1 Å². The molecule has 0 spiro atoms. The Balaban J connectivity index is 2.10. The first-order valence-corrected chi connectivity index (χ1v) is 6.96. The number of nitrogens with one attached hydrogen (secondary N) is 2. The molecule has 0 radical (unpaired) electrons. The molecule has 7 heteroatoms. The van der Waals surface area contributed by atoms with Crippen molar-refractivity contribution in [1.82, 2.24) is 0 Å². The lowest BCUT2D eigenvalue weighted by molar-refractivity contribution is -0.112. The van der Waals surface area contributed by atoms with Crippen LogP contribution in [0.3, 0.4) is 0 Å². The highest BCUT2D eigenvalue weighted by Crippen LogP contribution is 2.24. The van der Waals surface area contributed by atoms with Crippen LogP contribution < -0.4 is 22.1 Å². The number of anilines is 4. The maximum absolute atomic E-state index is 12.1. The molecule has 6 N–H and O–H groups in total. The first-order valence-electron chi connectivity index (χ1n) is 6.58. The Hall–Kier alpha value is -3.17. The molecule has 0 saturated heterocycles. The SMILES string of the molecule is N#C/C(=C/Nc1ccc(N)cc1)C(=O)Nc1ccc(N)cc1Cl. The molecule has 0 atom stereocenters. The summed E-state index contributed by atoms with van der Waals surface area (Å²) in [7, 11) is 0. The van der Waals surface area contributed by atoms with Crippen molar-refractivity contribution < 1.29 is 4.79 Å². The van der Waals surface area contributed by atoms with Crippen LogP contribution in [0.1, 0.15) is 0 Å². The molecule has 0 aromatic heterocycles. The summed E-state index contributed by atoms with van der Waals surface area (Å²) in [6.45, 7) is 0. The Morgan fingerprint density at radius 1 is 1.13 bits per heavy atom. The van der Waals surface area contributed by atoms with E-state index in [2.05, 4.69) is 10.6 Å². The zero-order chi connectivity index (χ0) is 16.8. The molecule has 0 bridgehead atoms. The van der Waals surface area contributed by atoms with Crippen LogP contribution in [0.25, 0.3) is 0 Å². The molecular weight excluding hydrogens is 314 g/mol. The average Bonchev–Trinajstić information content (AvgIpc) is 2.52. The number of nitrogen functional groups attached to an aromatic ring is 2. The maximum atomic E-state index is 12.1. The molecule has 2 rings (SSSR count). The molecule has 1 amide bonds. The number of halogens is 1. The van der Waals surface area contributed by atoms with Gasteiger partial charge in [-0.15, -0.1) is 0 Å². The van der Waals surface area contributed by atoms with E-state index in [0.717, 1.165) is 0 Å². The van der Waals surface area contributed by atoms with E-state index in [1.54, 1.807) is 36.4 Å². The quantitative estimate of drug-likeness (QED) is 0.391. The van der Waals surface area contributed by atoms with Crippen molar-refractivity contribution in [2.24, 2.45) is 0 Å². The third kappa shape index (κ3) is 4.40. The summed E-state index contributed by atoms with van der Waals surface area (Å²) in [6.07, 6.45) is 1.31. The number of carbonyl (C=O) groups is 1. The lowest BCUT2D eigenvalue weighted by Crippen LogP contribution is -2.15. The number of nitrogens with two attached hydrogens (primary N) is 2. The van der Waals surface area contributed by atoms with Crippen molar-refractivity contribution in [3.05, 3.63) is 59.3 Å². The fourth-order valence-corrected chi connectivity index (χ4v) is 1.94. The van der Waals surface area contributed by atoms with E-state index >= 15 is 0 Å². The van der Waals surface area contributed by atoms with Crippen LogP contribution in [0.5, 0.6) is 0 Å². The number of nitriles is 1. The van der Waals surface area contributed by atoms with Gasteiger partial charge in [0.1, 0.15) is 11.6 Å². The molecule has 0 aliphatic heterocycles. The standard InChI is InChI=1S/C16H14ClN5O/c17-14-7-12(20)3-6-15(14)22-16(23)10(8-18)9-21-13-4-1-11(19)2-5-13/h1-7,9,21H,19-20H2,(H,22,23)/b10-9-. The van der Waals surface area contributed by atoms with Gasteiger partial charge in [0.15, 0.2) is 0 Å². The van der Waals surface area contributed by atoms with Gasteiger partial charge < -0.3 is 22.1 Å². The van der Waals surface area contributed by atoms with Crippen molar-refractivity contribution in [2.45, 2.75) is 0 Å². The van der Waals surface area contributed by atoms with Crippen LogP contribution in [-0.2, 0) is 4.79 Å². The molecule has 0 aliphatic carbocycles. The van der Waals surface area contributed by atoms with E-state index in [4.69, 9.17) is 28.3 Å². The van der Waals surface area contributed by atoms with Crippen LogP contribution in [0.2, 0.25) is 5.02 Å². The second kappa shape index (κ2) is 7.20. The van der Waals surface area contributed by atoms with Gasteiger partial charge in [-0.25, -0.2) is 0 Å². The zero-order valence-corrected chi connectivity index (χ0v) is 12.8. The van der Waals surface area contributed by atoms with E-state index in [0.29, 0.717) is 27.8 Å². The monoisotopic (exact) mass is 327 g/mol. The lowest BCUT2D eigenvalue weighted by Gasteiger charge is -2.07. The minimum absolute atomic E-state index is 0.102. The molecule has 0 fully saturated rings. The predicted molar refractivity (Wildman–Crippen MR) is 92.7 cm³/mol. The van der Waals surface area contributed by atoms with Gasteiger partial charge in [0.2, 0.25) is 0 Å².